The zero-order valence-electron chi connectivity index (χ0n) is 17.5. The quantitative estimate of drug-likeness (QED) is 0.511. The molecule has 0 saturated heterocycles. The maximum Gasteiger partial charge on any atom is 0.262 e. The molecule has 0 spiro atoms. The maximum absolute atomic E-state index is 12.7. The minimum Gasteiger partial charge on any atom is -0.345 e. The van der Waals surface area contributed by atoms with Crippen molar-refractivity contribution in [1.82, 2.24) is 24.4 Å². The topological polar surface area (TPSA) is 81.8 Å². The fraction of sp³-hybridized carbons (Fsp3) is 0.364. The lowest BCUT2D eigenvalue weighted by atomic mass is 10.2. The predicted molar refractivity (Wildman–Crippen MR) is 120 cm³/mol. The largest absolute Gasteiger partial charge is 0.345 e. The molecular formula is C22H25N5O2S. The molecule has 30 heavy (non-hydrogen) atoms. The Hall–Kier alpha value is -3.00. The van der Waals surface area contributed by atoms with Crippen LogP contribution < -0.4 is 10.9 Å². The van der Waals surface area contributed by atoms with Gasteiger partial charge in [-0.05, 0) is 45.4 Å². The molecule has 0 aliphatic heterocycles. The molecule has 0 fully saturated rings. The van der Waals surface area contributed by atoms with Crippen LogP contribution in [0.1, 0.15) is 50.5 Å². The smallest absolute Gasteiger partial charge is 0.262 e. The second kappa shape index (κ2) is 8.02. The van der Waals surface area contributed by atoms with Gasteiger partial charge in [0.05, 0.1) is 28.8 Å². The second-order valence-corrected chi connectivity index (χ2v) is 8.79. The number of thiophene rings is 1. The number of benzene rings is 1. The number of carbonyl (C=O) groups excluding carboxylic acids is 1. The molecule has 1 atom stereocenters. The van der Waals surface area contributed by atoms with Crippen molar-refractivity contribution < 1.29 is 4.79 Å². The standard InChI is InChI=1S/C22H25N5O2S/c1-5-15-10-16-21(30-15)23-12-26(22(16)29)11-19(28)24-14(4)20-25-17-8-6-7-9-18(17)27(20)13(2)3/h6-10,12-14H,5,11H2,1-4H3,(H,24,28). The molecule has 4 aromatic rings. The van der Waals surface area contributed by atoms with Crippen LogP contribution in [0.15, 0.2) is 41.5 Å². The summed E-state index contributed by atoms with van der Waals surface area (Å²) < 4.78 is 3.50. The van der Waals surface area contributed by atoms with Crippen molar-refractivity contribution in [1.29, 1.82) is 0 Å². The first-order chi connectivity index (χ1) is 14.4. The van der Waals surface area contributed by atoms with Gasteiger partial charge in [-0.1, -0.05) is 19.1 Å². The van der Waals surface area contributed by atoms with Crippen molar-refractivity contribution in [3.63, 3.8) is 0 Å². The van der Waals surface area contributed by atoms with E-state index in [1.807, 2.05) is 44.2 Å². The molecule has 1 amide bonds. The van der Waals surface area contributed by atoms with Crippen molar-refractivity contribution in [2.45, 2.75) is 52.7 Å². The molecule has 0 aliphatic rings. The molecule has 4 rings (SSSR count). The van der Waals surface area contributed by atoms with E-state index in [2.05, 4.69) is 28.7 Å². The highest BCUT2D eigenvalue weighted by molar-refractivity contribution is 7.18. The summed E-state index contributed by atoms with van der Waals surface area (Å²) in [6.45, 7) is 8.07. The summed E-state index contributed by atoms with van der Waals surface area (Å²) in [5.74, 6) is 0.546. The van der Waals surface area contributed by atoms with Gasteiger partial charge in [0, 0.05) is 10.9 Å². The summed E-state index contributed by atoms with van der Waals surface area (Å²) in [5, 5.41) is 3.56. The van der Waals surface area contributed by atoms with Crippen LogP contribution in [-0.2, 0) is 17.8 Å². The van der Waals surface area contributed by atoms with Gasteiger partial charge in [0.1, 0.15) is 17.2 Å². The summed E-state index contributed by atoms with van der Waals surface area (Å²) in [5.41, 5.74) is 1.75. The van der Waals surface area contributed by atoms with Gasteiger partial charge in [-0.2, -0.15) is 0 Å². The fourth-order valence-corrected chi connectivity index (χ4v) is 4.64. The van der Waals surface area contributed by atoms with Gasteiger partial charge in [0.25, 0.3) is 5.56 Å². The minimum absolute atomic E-state index is 0.0781. The Kier molecular flexibility index (Phi) is 5.42. The van der Waals surface area contributed by atoms with E-state index in [0.29, 0.717) is 10.2 Å². The molecule has 3 aromatic heterocycles. The molecule has 1 aromatic carbocycles. The zero-order chi connectivity index (χ0) is 21.4. The lowest BCUT2D eigenvalue weighted by Crippen LogP contribution is -2.34. The molecule has 8 heteroatoms. The SMILES string of the molecule is CCc1cc2c(=O)n(CC(=O)NC(C)c3nc4ccccc4n3C(C)C)cnc2s1. The molecule has 0 saturated carbocycles. The molecule has 0 bridgehead atoms. The Bertz CT molecular complexity index is 1280. The van der Waals surface area contributed by atoms with Crippen molar-refractivity contribution in [2.75, 3.05) is 0 Å². The van der Waals surface area contributed by atoms with E-state index in [1.165, 1.54) is 22.2 Å². The molecule has 3 heterocycles. The molecular weight excluding hydrogens is 398 g/mol. The first-order valence-corrected chi connectivity index (χ1v) is 10.9. The van der Waals surface area contributed by atoms with Gasteiger partial charge in [0.15, 0.2) is 0 Å². The Morgan fingerprint density at radius 3 is 2.73 bits per heavy atom. The van der Waals surface area contributed by atoms with Crippen LogP contribution in [0.2, 0.25) is 0 Å². The average molecular weight is 424 g/mol. The van der Waals surface area contributed by atoms with Gasteiger partial charge in [0.2, 0.25) is 5.91 Å². The first-order valence-electron chi connectivity index (χ1n) is 10.1. The van der Waals surface area contributed by atoms with Crippen LogP contribution >= 0.6 is 11.3 Å². The van der Waals surface area contributed by atoms with E-state index >= 15 is 0 Å². The van der Waals surface area contributed by atoms with Crippen molar-refractivity contribution in [3.05, 3.63) is 57.7 Å². The summed E-state index contributed by atoms with van der Waals surface area (Å²) in [6, 6.07) is 9.72. The number of aromatic nitrogens is 4. The number of hydrogen-bond donors (Lipinski definition) is 1. The number of imidazole rings is 1. The highest BCUT2D eigenvalue weighted by atomic mass is 32.1. The highest BCUT2D eigenvalue weighted by Gasteiger charge is 2.20. The van der Waals surface area contributed by atoms with Crippen LogP contribution in [0, 0.1) is 0 Å². The van der Waals surface area contributed by atoms with Crippen molar-refractivity contribution >= 4 is 38.5 Å². The van der Waals surface area contributed by atoms with E-state index in [-0.39, 0.29) is 30.1 Å². The van der Waals surface area contributed by atoms with E-state index in [4.69, 9.17) is 4.98 Å². The van der Waals surface area contributed by atoms with Crippen molar-refractivity contribution in [2.24, 2.45) is 0 Å². The summed E-state index contributed by atoms with van der Waals surface area (Å²) in [6.07, 6.45) is 2.31. The van der Waals surface area contributed by atoms with E-state index in [9.17, 15) is 9.59 Å². The van der Waals surface area contributed by atoms with E-state index < -0.39 is 0 Å². The number of para-hydroxylation sites is 2. The normalized spacial score (nSPS) is 12.7. The highest BCUT2D eigenvalue weighted by Crippen LogP contribution is 2.25. The number of aryl methyl sites for hydroxylation is 1. The number of rotatable bonds is 6. The average Bonchev–Trinajstić information content (AvgIpc) is 3.32. The number of hydrogen-bond acceptors (Lipinski definition) is 5. The van der Waals surface area contributed by atoms with Crippen LogP contribution in [-0.4, -0.2) is 25.0 Å². The molecule has 0 aliphatic carbocycles. The maximum atomic E-state index is 12.7. The minimum atomic E-state index is -0.299. The second-order valence-electron chi connectivity index (χ2n) is 7.67. The summed E-state index contributed by atoms with van der Waals surface area (Å²) >= 11 is 1.52. The third kappa shape index (κ3) is 3.63. The van der Waals surface area contributed by atoms with Gasteiger partial charge >= 0.3 is 0 Å². The zero-order valence-corrected chi connectivity index (χ0v) is 18.4. The van der Waals surface area contributed by atoms with Crippen LogP contribution in [0.25, 0.3) is 21.3 Å². The third-order valence-corrected chi connectivity index (χ3v) is 6.32. The van der Waals surface area contributed by atoms with Crippen molar-refractivity contribution in [3.8, 4) is 0 Å². The summed E-state index contributed by atoms with van der Waals surface area (Å²) in [4.78, 5) is 36.4. The fourth-order valence-electron chi connectivity index (χ4n) is 3.71. The Morgan fingerprint density at radius 1 is 1.23 bits per heavy atom. The number of fused-ring (bicyclic) bond motifs is 2. The van der Waals surface area contributed by atoms with Gasteiger partial charge in [-0.25, -0.2) is 9.97 Å². The Labute approximate surface area is 178 Å². The van der Waals surface area contributed by atoms with Gasteiger partial charge in [-0.15, -0.1) is 11.3 Å². The Balaban J connectivity index is 1.57. The lowest BCUT2D eigenvalue weighted by molar-refractivity contribution is -0.122. The van der Waals surface area contributed by atoms with Gasteiger partial charge in [-0.3, -0.25) is 14.2 Å². The molecule has 1 unspecified atom stereocenters. The monoisotopic (exact) mass is 423 g/mol. The van der Waals surface area contributed by atoms with Crippen LogP contribution in [0.4, 0.5) is 0 Å². The predicted octanol–water partition coefficient (Wildman–Crippen LogP) is 3.83. The number of nitrogens with one attached hydrogen (secondary N) is 1. The lowest BCUT2D eigenvalue weighted by Gasteiger charge is -2.19. The van der Waals surface area contributed by atoms with E-state index in [0.717, 1.165) is 28.2 Å². The van der Waals surface area contributed by atoms with E-state index in [1.54, 1.807) is 0 Å². The summed E-state index contributed by atoms with van der Waals surface area (Å²) in [7, 11) is 0. The number of amides is 1. The Morgan fingerprint density at radius 2 is 2.00 bits per heavy atom. The molecule has 1 N–H and O–H groups in total. The molecule has 0 radical (unpaired) electrons. The third-order valence-electron chi connectivity index (χ3n) is 5.14. The van der Waals surface area contributed by atoms with Gasteiger partial charge < -0.3 is 9.88 Å². The number of nitrogens with zero attached hydrogens (tertiary/aromatic N) is 4. The number of carbonyl (C=O) groups is 1. The molecule has 156 valence electrons. The van der Waals surface area contributed by atoms with Crippen LogP contribution in [0.5, 0.6) is 0 Å². The van der Waals surface area contributed by atoms with Crippen LogP contribution in [0.3, 0.4) is 0 Å². The first kappa shape index (κ1) is 20.3. The molecule has 7 nitrogen and oxygen atoms in total.